The van der Waals surface area contributed by atoms with Crippen molar-refractivity contribution in [1.29, 1.82) is 0 Å². The van der Waals surface area contributed by atoms with E-state index in [1.807, 2.05) is 0 Å². The normalized spacial score (nSPS) is 9.83. The fourth-order valence-electron chi connectivity index (χ4n) is 0.589. The number of hydrogen-bond acceptors (Lipinski definition) is 4. The third-order valence-corrected chi connectivity index (χ3v) is 1.90. The SMILES string of the molecule is O=Cc1oc([N+](=O)[O-])c(Cl)c1Cl. The summed E-state index contributed by atoms with van der Waals surface area (Å²) < 4.78 is 4.42. The van der Waals surface area contributed by atoms with Crippen LogP contribution in [0.15, 0.2) is 4.42 Å². The number of furan rings is 1. The molecule has 1 aromatic heterocycles. The molecule has 0 fully saturated rings. The number of carbonyl (C=O) groups is 1. The first-order chi connectivity index (χ1) is 5.57. The molecule has 0 aliphatic heterocycles. The van der Waals surface area contributed by atoms with Gasteiger partial charge in [0.15, 0.2) is 17.1 Å². The largest absolute Gasteiger partial charge is 0.454 e. The summed E-state index contributed by atoms with van der Waals surface area (Å²) in [7, 11) is 0. The molecule has 5 nitrogen and oxygen atoms in total. The number of carbonyl (C=O) groups excluding carboxylic acids is 1. The predicted molar refractivity (Wildman–Crippen MR) is 40.8 cm³/mol. The van der Waals surface area contributed by atoms with Crippen molar-refractivity contribution in [1.82, 2.24) is 0 Å². The van der Waals surface area contributed by atoms with Gasteiger partial charge in [0.1, 0.15) is 9.95 Å². The zero-order chi connectivity index (χ0) is 9.30. The molecule has 0 spiro atoms. The second kappa shape index (κ2) is 3.12. The molecule has 0 bridgehead atoms. The van der Waals surface area contributed by atoms with Crippen molar-refractivity contribution in [2.45, 2.75) is 0 Å². The van der Waals surface area contributed by atoms with Crippen LogP contribution in [-0.4, -0.2) is 11.2 Å². The van der Waals surface area contributed by atoms with Crippen LogP contribution in [0.5, 0.6) is 0 Å². The molecule has 0 unspecified atom stereocenters. The molecule has 0 saturated carbocycles. The molecule has 0 aliphatic rings. The summed E-state index contributed by atoms with van der Waals surface area (Å²) >= 11 is 10.8. The molecule has 0 N–H and O–H groups in total. The van der Waals surface area contributed by atoms with Gasteiger partial charge in [-0.15, -0.1) is 0 Å². The number of nitrogens with zero attached hydrogens (tertiary/aromatic N) is 1. The third kappa shape index (κ3) is 1.28. The Morgan fingerprint density at radius 2 is 2.00 bits per heavy atom. The van der Waals surface area contributed by atoms with Gasteiger partial charge in [-0.25, -0.2) is 0 Å². The Labute approximate surface area is 76.0 Å². The van der Waals surface area contributed by atoms with Gasteiger partial charge >= 0.3 is 5.88 Å². The number of nitro groups is 1. The molecule has 1 rings (SSSR count). The summed E-state index contributed by atoms with van der Waals surface area (Å²) in [5.74, 6) is -1.06. The standard InChI is InChI=1S/C5HCl2NO4/c6-3-2(1-9)12-5(4(3)7)8(10)11/h1H. The Bertz CT molecular complexity index is 345. The zero-order valence-electron chi connectivity index (χ0n) is 5.41. The monoisotopic (exact) mass is 209 g/mol. The van der Waals surface area contributed by atoms with E-state index in [1.54, 1.807) is 0 Å². The molecule has 1 aromatic rings. The molecule has 64 valence electrons. The summed E-state index contributed by atoms with van der Waals surface area (Å²) in [4.78, 5) is 19.5. The second-order valence-electron chi connectivity index (χ2n) is 1.77. The van der Waals surface area contributed by atoms with Crippen LogP contribution in [0.25, 0.3) is 0 Å². The molecule has 1 heterocycles. The van der Waals surface area contributed by atoms with Gasteiger partial charge in [-0.3, -0.25) is 14.9 Å². The van der Waals surface area contributed by atoms with Crippen LogP contribution in [0.1, 0.15) is 10.6 Å². The quantitative estimate of drug-likeness (QED) is 0.426. The van der Waals surface area contributed by atoms with E-state index in [0.29, 0.717) is 0 Å². The fraction of sp³-hybridized carbons (Fsp3) is 0. The fourth-order valence-corrected chi connectivity index (χ4v) is 0.954. The van der Waals surface area contributed by atoms with Crippen LogP contribution >= 0.6 is 23.2 Å². The van der Waals surface area contributed by atoms with Gasteiger partial charge in [0.25, 0.3) is 0 Å². The van der Waals surface area contributed by atoms with Gasteiger partial charge in [-0.2, -0.15) is 0 Å². The van der Waals surface area contributed by atoms with E-state index in [4.69, 9.17) is 23.2 Å². The lowest BCUT2D eigenvalue weighted by Crippen LogP contribution is -1.84. The Morgan fingerprint density at radius 3 is 2.25 bits per heavy atom. The van der Waals surface area contributed by atoms with Crippen LogP contribution < -0.4 is 0 Å². The second-order valence-corrected chi connectivity index (χ2v) is 2.53. The topological polar surface area (TPSA) is 73.3 Å². The first kappa shape index (κ1) is 9.02. The van der Waals surface area contributed by atoms with E-state index in [2.05, 4.69) is 4.42 Å². The maximum Gasteiger partial charge on any atom is 0.454 e. The minimum atomic E-state index is -0.860. The predicted octanol–water partition coefficient (Wildman–Crippen LogP) is 2.31. The zero-order valence-corrected chi connectivity index (χ0v) is 6.93. The van der Waals surface area contributed by atoms with Gasteiger partial charge in [0, 0.05) is 0 Å². The highest BCUT2D eigenvalue weighted by Crippen LogP contribution is 2.36. The lowest BCUT2D eigenvalue weighted by Gasteiger charge is -1.81. The Kier molecular flexibility index (Phi) is 2.35. The van der Waals surface area contributed by atoms with E-state index >= 15 is 0 Å². The summed E-state index contributed by atoms with van der Waals surface area (Å²) in [6.07, 6.45) is 0.251. The molecule has 0 saturated heterocycles. The average Bonchev–Trinajstić information content (AvgIpc) is 2.30. The van der Waals surface area contributed by atoms with E-state index < -0.39 is 10.8 Å². The summed E-state index contributed by atoms with van der Waals surface area (Å²) in [5, 5.41) is 9.56. The van der Waals surface area contributed by atoms with Crippen molar-refractivity contribution >= 4 is 35.4 Å². The van der Waals surface area contributed by atoms with E-state index in [0.717, 1.165) is 0 Å². The summed E-state index contributed by atoms with van der Waals surface area (Å²) in [6, 6.07) is 0. The van der Waals surface area contributed by atoms with Crippen LogP contribution in [0.3, 0.4) is 0 Å². The van der Waals surface area contributed by atoms with Gasteiger partial charge < -0.3 is 4.42 Å². The van der Waals surface area contributed by atoms with Crippen LogP contribution in [-0.2, 0) is 0 Å². The van der Waals surface area contributed by atoms with E-state index in [1.165, 1.54) is 0 Å². The van der Waals surface area contributed by atoms with Crippen LogP contribution in [0, 0.1) is 10.1 Å². The molecular formula is C5HCl2NO4. The van der Waals surface area contributed by atoms with Gasteiger partial charge in [-0.1, -0.05) is 23.2 Å². The van der Waals surface area contributed by atoms with Gasteiger partial charge in [0.05, 0.1) is 0 Å². The van der Waals surface area contributed by atoms with E-state index in [9.17, 15) is 14.9 Å². The summed E-state index contributed by atoms with van der Waals surface area (Å²) in [5.41, 5.74) is 0. The smallest absolute Gasteiger partial charge is 0.395 e. The van der Waals surface area contributed by atoms with Crippen molar-refractivity contribution in [3.05, 3.63) is 25.9 Å². The molecule has 7 heteroatoms. The Hall–Kier alpha value is -1.07. The van der Waals surface area contributed by atoms with Crippen molar-refractivity contribution in [3.63, 3.8) is 0 Å². The number of aldehydes is 1. The van der Waals surface area contributed by atoms with Crippen LogP contribution in [0.2, 0.25) is 10.0 Å². The number of rotatable bonds is 2. The van der Waals surface area contributed by atoms with Crippen LogP contribution in [0.4, 0.5) is 5.88 Å². The minimum Gasteiger partial charge on any atom is -0.395 e. The molecule has 0 radical (unpaired) electrons. The third-order valence-electron chi connectivity index (χ3n) is 1.08. The maximum atomic E-state index is 10.2. The highest BCUT2D eigenvalue weighted by molar-refractivity contribution is 6.44. The molecule has 12 heavy (non-hydrogen) atoms. The highest BCUT2D eigenvalue weighted by Gasteiger charge is 2.25. The maximum absolute atomic E-state index is 10.2. The van der Waals surface area contributed by atoms with Crippen molar-refractivity contribution in [2.24, 2.45) is 0 Å². The molecule has 0 aromatic carbocycles. The average molecular weight is 210 g/mol. The highest BCUT2D eigenvalue weighted by atomic mass is 35.5. The molecule has 0 atom stereocenters. The van der Waals surface area contributed by atoms with Gasteiger partial charge in [-0.05, 0) is 0 Å². The van der Waals surface area contributed by atoms with Crippen molar-refractivity contribution in [2.75, 3.05) is 0 Å². The lowest BCUT2D eigenvalue weighted by atomic mass is 10.5. The van der Waals surface area contributed by atoms with E-state index in [-0.39, 0.29) is 22.1 Å². The summed E-state index contributed by atoms with van der Waals surface area (Å²) in [6.45, 7) is 0. The first-order valence-corrected chi connectivity index (χ1v) is 3.41. The number of hydrogen-bond donors (Lipinski definition) is 0. The molecule has 0 amide bonds. The lowest BCUT2D eigenvalue weighted by molar-refractivity contribution is -0.402. The van der Waals surface area contributed by atoms with Crippen molar-refractivity contribution < 1.29 is 14.1 Å². The molecular weight excluding hydrogens is 209 g/mol. The van der Waals surface area contributed by atoms with Gasteiger partial charge in [0.2, 0.25) is 0 Å². The first-order valence-electron chi connectivity index (χ1n) is 2.65. The van der Waals surface area contributed by atoms with Crippen molar-refractivity contribution in [3.8, 4) is 0 Å². The Balaban J connectivity index is 3.34. The number of halogens is 2. The Morgan fingerprint density at radius 1 is 1.42 bits per heavy atom. The molecule has 0 aliphatic carbocycles. The minimum absolute atomic E-state index is 0.238.